The number of ether oxygens (including phenoxy) is 1. The van der Waals surface area contributed by atoms with Gasteiger partial charge in [0.1, 0.15) is 11.0 Å². The molecule has 0 aliphatic heterocycles. The molecule has 0 aliphatic carbocycles. The summed E-state index contributed by atoms with van der Waals surface area (Å²) in [6, 6.07) is 8.83. The topological polar surface area (TPSA) is 116 Å². The molecule has 0 radical (unpaired) electrons. The van der Waals surface area contributed by atoms with Gasteiger partial charge in [-0.05, 0) is 37.3 Å². The number of nitro groups is 1. The van der Waals surface area contributed by atoms with Crippen molar-refractivity contribution in [2.45, 2.75) is 17.1 Å². The number of anilines is 1. The van der Waals surface area contributed by atoms with Gasteiger partial charge in [-0.3, -0.25) is 14.9 Å². The van der Waals surface area contributed by atoms with Gasteiger partial charge in [0.2, 0.25) is 5.91 Å². The van der Waals surface area contributed by atoms with Crippen LogP contribution in [0.5, 0.6) is 5.75 Å². The molecule has 2 rings (SSSR count). The molecule has 0 bridgehead atoms. The molecule has 0 aliphatic rings. The molecule has 1 N–H and O–H groups in total. The van der Waals surface area contributed by atoms with Crippen molar-refractivity contribution in [3.8, 4) is 5.75 Å². The first-order valence-electron chi connectivity index (χ1n) is 7.29. The van der Waals surface area contributed by atoms with Crippen molar-refractivity contribution in [3.05, 3.63) is 57.6 Å². The summed E-state index contributed by atoms with van der Waals surface area (Å²) < 4.78 is 30.1. The average Bonchev–Trinajstić information content (AvgIpc) is 2.61. The van der Waals surface area contributed by atoms with Gasteiger partial charge in [0.25, 0.3) is 5.69 Å². The fourth-order valence-corrected chi connectivity index (χ4v) is 3.61. The first-order valence-corrected chi connectivity index (χ1v) is 9.22. The highest BCUT2D eigenvalue weighted by atomic mass is 35.5. The summed E-state index contributed by atoms with van der Waals surface area (Å²) in [5.41, 5.74) is 0.0699. The summed E-state index contributed by atoms with van der Waals surface area (Å²) >= 11 is 5.97. The first kappa shape index (κ1) is 19.7. The van der Waals surface area contributed by atoms with Crippen LogP contribution < -0.4 is 10.1 Å². The highest BCUT2D eigenvalue weighted by Crippen LogP contribution is 2.28. The van der Waals surface area contributed by atoms with Crippen LogP contribution in [0.1, 0.15) is 6.92 Å². The number of hydrogen-bond acceptors (Lipinski definition) is 6. The van der Waals surface area contributed by atoms with Gasteiger partial charge in [-0.15, -0.1) is 0 Å². The maximum Gasteiger partial charge on any atom is 0.269 e. The van der Waals surface area contributed by atoms with Crippen LogP contribution >= 0.6 is 11.6 Å². The maximum atomic E-state index is 12.5. The molecule has 26 heavy (non-hydrogen) atoms. The van der Waals surface area contributed by atoms with Crippen LogP contribution in [-0.2, 0) is 14.6 Å². The number of hydrogen-bond donors (Lipinski definition) is 1. The molecule has 0 saturated heterocycles. The Morgan fingerprint density at radius 1 is 1.23 bits per heavy atom. The van der Waals surface area contributed by atoms with Crippen LogP contribution in [0.2, 0.25) is 5.02 Å². The number of halogens is 1. The van der Waals surface area contributed by atoms with Gasteiger partial charge in [-0.25, -0.2) is 8.42 Å². The van der Waals surface area contributed by atoms with Crippen molar-refractivity contribution in [1.29, 1.82) is 0 Å². The standard InChI is InChI=1S/C16H15ClN2O6S/c1-10(16(20)18-11-3-8-15(25-2)14(17)9-11)26(23,24)13-6-4-12(5-7-13)19(21)22/h3-10H,1-2H3,(H,18,20)/t10-/m1/s1. The van der Waals surface area contributed by atoms with Gasteiger partial charge in [0, 0.05) is 17.8 Å². The fourth-order valence-electron chi connectivity index (χ4n) is 2.09. The molecule has 2 aromatic rings. The van der Waals surface area contributed by atoms with E-state index in [2.05, 4.69) is 5.32 Å². The molecular formula is C16H15ClN2O6S. The second-order valence-electron chi connectivity index (χ2n) is 5.28. The van der Waals surface area contributed by atoms with Crippen molar-refractivity contribution < 1.29 is 22.9 Å². The minimum Gasteiger partial charge on any atom is -0.495 e. The van der Waals surface area contributed by atoms with E-state index in [0.717, 1.165) is 24.3 Å². The largest absolute Gasteiger partial charge is 0.495 e. The molecule has 0 aromatic heterocycles. The van der Waals surface area contributed by atoms with Crippen molar-refractivity contribution in [2.75, 3.05) is 12.4 Å². The molecule has 0 saturated carbocycles. The summed E-state index contributed by atoms with van der Waals surface area (Å²) in [6.45, 7) is 1.23. The van der Waals surface area contributed by atoms with E-state index in [9.17, 15) is 23.3 Å². The molecule has 8 nitrogen and oxygen atoms in total. The maximum absolute atomic E-state index is 12.5. The van der Waals surface area contributed by atoms with Gasteiger partial charge in [0.15, 0.2) is 9.84 Å². The number of nitrogens with zero attached hydrogens (tertiary/aromatic N) is 1. The molecule has 138 valence electrons. The second kappa shape index (κ2) is 7.71. The number of nitrogens with one attached hydrogen (secondary N) is 1. The summed E-state index contributed by atoms with van der Waals surface area (Å²) in [5.74, 6) is -0.346. The van der Waals surface area contributed by atoms with E-state index in [1.54, 1.807) is 0 Å². The number of rotatable bonds is 6. The normalized spacial score (nSPS) is 12.3. The summed E-state index contributed by atoms with van der Waals surface area (Å²) in [6.07, 6.45) is 0. The van der Waals surface area contributed by atoms with Crippen LogP contribution in [0, 0.1) is 10.1 Å². The van der Waals surface area contributed by atoms with E-state index in [4.69, 9.17) is 16.3 Å². The highest BCUT2D eigenvalue weighted by molar-refractivity contribution is 7.92. The van der Waals surface area contributed by atoms with Gasteiger partial charge in [-0.1, -0.05) is 11.6 Å². The molecule has 0 heterocycles. The Hall–Kier alpha value is -2.65. The summed E-state index contributed by atoms with van der Waals surface area (Å²) in [7, 11) is -2.57. The quantitative estimate of drug-likeness (QED) is 0.590. The molecule has 1 amide bonds. The van der Waals surface area contributed by atoms with E-state index in [1.807, 2.05) is 0 Å². The van der Waals surface area contributed by atoms with Crippen molar-refractivity contribution in [1.82, 2.24) is 0 Å². The molecule has 1 atom stereocenters. The smallest absolute Gasteiger partial charge is 0.269 e. The van der Waals surface area contributed by atoms with Crippen LogP contribution in [0.4, 0.5) is 11.4 Å². The molecule has 10 heteroatoms. The zero-order chi connectivity index (χ0) is 19.5. The Balaban J connectivity index is 2.20. The van der Waals surface area contributed by atoms with E-state index in [-0.39, 0.29) is 15.6 Å². The fraction of sp³-hybridized carbons (Fsp3) is 0.188. The SMILES string of the molecule is COc1ccc(NC(=O)[C@@H](C)S(=O)(=O)c2ccc([N+](=O)[O-])cc2)cc1Cl. The summed E-state index contributed by atoms with van der Waals surface area (Å²) in [4.78, 5) is 22.1. The lowest BCUT2D eigenvalue weighted by atomic mass is 10.3. The molecule has 0 unspecified atom stereocenters. The van der Waals surface area contributed by atoms with E-state index >= 15 is 0 Å². The lowest BCUT2D eigenvalue weighted by molar-refractivity contribution is -0.384. The monoisotopic (exact) mass is 398 g/mol. The number of nitro benzene ring substituents is 1. The molecule has 0 fully saturated rings. The summed E-state index contributed by atoms with van der Waals surface area (Å²) in [5, 5.41) is 12.0. The third-order valence-corrected chi connectivity index (χ3v) is 6.00. The first-order chi connectivity index (χ1) is 12.2. The zero-order valence-electron chi connectivity index (χ0n) is 13.8. The van der Waals surface area contributed by atoms with Crippen molar-refractivity contribution in [3.63, 3.8) is 0 Å². The van der Waals surface area contributed by atoms with Crippen LogP contribution in [-0.4, -0.2) is 31.6 Å². The number of carbonyl (C=O) groups is 1. The van der Waals surface area contributed by atoms with Gasteiger partial charge < -0.3 is 10.1 Å². The number of non-ortho nitro benzene ring substituents is 1. The Bertz CT molecular complexity index is 944. The number of carbonyl (C=O) groups excluding carboxylic acids is 1. The Morgan fingerprint density at radius 3 is 2.35 bits per heavy atom. The number of benzene rings is 2. The van der Waals surface area contributed by atoms with Crippen LogP contribution in [0.15, 0.2) is 47.4 Å². The third-order valence-electron chi connectivity index (χ3n) is 3.63. The van der Waals surface area contributed by atoms with Gasteiger partial charge in [0.05, 0.1) is 22.0 Å². The van der Waals surface area contributed by atoms with E-state index < -0.39 is 25.9 Å². The predicted molar refractivity (Wildman–Crippen MR) is 96.4 cm³/mol. The van der Waals surface area contributed by atoms with E-state index in [1.165, 1.54) is 32.2 Å². The number of amides is 1. The van der Waals surface area contributed by atoms with Gasteiger partial charge >= 0.3 is 0 Å². The molecule has 0 spiro atoms. The lowest BCUT2D eigenvalue weighted by Gasteiger charge is -2.14. The van der Waals surface area contributed by atoms with Gasteiger partial charge in [-0.2, -0.15) is 0 Å². The predicted octanol–water partition coefficient (Wildman–Crippen LogP) is 3.06. The van der Waals surface area contributed by atoms with Crippen LogP contribution in [0.3, 0.4) is 0 Å². The Morgan fingerprint density at radius 2 is 1.85 bits per heavy atom. The average molecular weight is 399 g/mol. The third kappa shape index (κ3) is 4.12. The molecule has 2 aromatic carbocycles. The minimum absolute atomic E-state index is 0.182. The number of sulfone groups is 1. The minimum atomic E-state index is -4.02. The van der Waals surface area contributed by atoms with Crippen LogP contribution in [0.25, 0.3) is 0 Å². The zero-order valence-corrected chi connectivity index (χ0v) is 15.4. The van der Waals surface area contributed by atoms with Crippen molar-refractivity contribution >= 4 is 38.7 Å². The Labute approximate surface area is 154 Å². The molecular weight excluding hydrogens is 384 g/mol. The lowest BCUT2D eigenvalue weighted by Crippen LogP contribution is -2.32. The highest BCUT2D eigenvalue weighted by Gasteiger charge is 2.30. The van der Waals surface area contributed by atoms with E-state index in [0.29, 0.717) is 11.4 Å². The second-order valence-corrected chi connectivity index (χ2v) is 7.95. The Kier molecular flexibility index (Phi) is 5.83. The van der Waals surface area contributed by atoms with Crippen molar-refractivity contribution in [2.24, 2.45) is 0 Å². The number of methoxy groups -OCH3 is 1.